The molecular weight excluding hydrogens is 1130 g/mol. The van der Waals surface area contributed by atoms with Gasteiger partial charge < -0.3 is 33.8 Å². The van der Waals surface area contributed by atoms with Crippen LogP contribution in [0, 0.1) is 17.8 Å². The molecule has 0 aromatic carbocycles. The number of phosphoric acid groups is 2. The van der Waals surface area contributed by atoms with E-state index in [4.69, 9.17) is 37.0 Å². The van der Waals surface area contributed by atoms with Crippen molar-refractivity contribution in [3.05, 3.63) is 0 Å². The number of aliphatic hydroxyl groups is 1. The smallest absolute Gasteiger partial charge is 0.462 e. The van der Waals surface area contributed by atoms with E-state index in [0.717, 1.165) is 108 Å². The first-order chi connectivity index (χ1) is 40.7. The van der Waals surface area contributed by atoms with Crippen molar-refractivity contribution in [3.8, 4) is 0 Å². The van der Waals surface area contributed by atoms with Crippen molar-refractivity contribution >= 4 is 39.5 Å². The number of phosphoric ester groups is 2. The minimum Gasteiger partial charge on any atom is -0.462 e. The lowest BCUT2D eigenvalue weighted by Gasteiger charge is -2.21. The van der Waals surface area contributed by atoms with E-state index in [2.05, 4.69) is 48.5 Å². The molecule has 0 radical (unpaired) electrons. The molecule has 5 atom stereocenters. The van der Waals surface area contributed by atoms with Crippen LogP contribution in [0.4, 0.5) is 0 Å². The van der Waals surface area contributed by atoms with Gasteiger partial charge in [0.25, 0.3) is 0 Å². The third-order valence-electron chi connectivity index (χ3n) is 15.1. The fourth-order valence-electron chi connectivity index (χ4n) is 9.83. The molecule has 0 aliphatic heterocycles. The number of unbranched alkanes of at least 4 members (excludes halogenated alkanes) is 32. The first kappa shape index (κ1) is 83.1. The molecule has 0 aliphatic carbocycles. The molecule has 0 bridgehead atoms. The molecular formula is C66H128O17P2. The minimum absolute atomic E-state index is 0.103. The molecule has 85 heavy (non-hydrogen) atoms. The Hall–Kier alpha value is -1.94. The molecule has 0 spiro atoms. The second-order valence-corrected chi connectivity index (χ2v) is 28.2. The first-order valence-corrected chi connectivity index (χ1v) is 37.3. The van der Waals surface area contributed by atoms with Crippen molar-refractivity contribution in [2.45, 2.75) is 343 Å². The zero-order valence-electron chi connectivity index (χ0n) is 55.1. The molecule has 0 aromatic rings. The normalized spacial score (nSPS) is 14.3. The summed E-state index contributed by atoms with van der Waals surface area (Å²) in [6, 6.07) is 0. The molecule has 0 rings (SSSR count). The predicted octanol–water partition coefficient (Wildman–Crippen LogP) is 18.3. The van der Waals surface area contributed by atoms with Gasteiger partial charge in [-0.2, -0.15) is 0 Å². The van der Waals surface area contributed by atoms with Crippen molar-refractivity contribution in [3.63, 3.8) is 0 Å². The number of aliphatic hydroxyl groups excluding tert-OH is 1. The molecule has 504 valence electrons. The standard InChI is InChI=1S/C66H128O17P2/c1-8-9-10-11-12-26-33-40-47-63(68)76-53-62(83-66(71)50-43-36-29-22-25-32-39-46-59(6)7)56-81-85(74,75)79-52-60(67)51-78-84(72,73)80-55-61(54-77-64(69)48-41-34-27-21-20-24-31-38-45-58(4)5)82-65(70)49-42-35-28-19-17-15-13-14-16-18-23-30-37-44-57(2)3/h57-62,67H,8-56H2,1-7H3,(H,72,73)(H,74,75)/t60-,61-,62-/m1/s1. The number of ether oxygens (including phenoxy) is 4. The SMILES string of the molecule is CCCCCCCCCCC(=O)OC[C@H](COP(=O)(O)OC[C@H](O)COP(=O)(O)OC[C@@H](COC(=O)CCCCCCCCCCC(C)C)OC(=O)CCCCCCCCCCCCCCCC(C)C)OC(=O)CCCCCCCCCC(C)C. The second-order valence-electron chi connectivity index (χ2n) is 25.3. The number of hydrogen-bond donors (Lipinski definition) is 3. The molecule has 17 nitrogen and oxygen atoms in total. The van der Waals surface area contributed by atoms with Gasteiger partial charge in [-0.3, -0.25) is 37.3 Å². The van der Waals surface area contributed by atoms with Crippen molar-refractivity contribution < 1.29 is 80.2 Å². The molecule has 19 heteroatoms. The van der Waals surface area contributed by atoms with Crippen LogP contribution < -0.4 is 0 Å². The van der Waals surface area contributed by atoms with Gasteiger partial charge in [0.2, 0.25) is 0 Å². The Morgan fingerprint density at radius 1 is 0.318 bits per heavy atom. The highest BCUT2D eigenvalue weighted by molar-refractivity contribution is 7.47. The Morgan fingerprint density at radius 3 is 0.800 bits per heavy atom. The summed E-state index contributed by atoms with van der Waals surface area (Å²) in [5.74, 6) is 0.0718. The Labute approximate surface area is 517 Å². The van der Waals surface area contributed by atoms with Gasteiger partial charge in [-0.25, -0.2) is 9.13 Å². The average molecular weight is 1260 g/mol. The van der Waals surface area contributed by atoms with Crippen molar-refractivity contribution in [2.24, 2.45) is 17.8 Å². The van der Waals surface area contributed by atoms with E-state index in [9.17, 15) is 43.2 Å². The van der Waals surface area contributed by atoms with Crippen LogP contribution in [0.15, 0.2) is 0 Å². The van der Waals surface area contributed by atoms with Gasteiger partial charge in [0.1, 0.15) is 19.3 Å². The Balaban J connectivity index is 5.22. The summed E-state index contributed by atoms with van der Waals surface area (Å²) in [6.07, 6.45) is 39.1. The van der Waals surface area contributed by atoms with Gasteiger partial charge in [0.15, 0.2) is 12.2 Å². The Morgan fingerprint density at radius 2 is 0.541 bits per heavy atom. The largest absolute Gasteiger partial charge is 0.472 e. The van der Waals surface area contributed by atoms with Crippen molar-refractivity contribution in [1.29, 1.82) is 0 Å². The first-order valence-electron chi connectivity index (χ1n) is 34.3. The Bertz CT molecular complexity index is 1680. The summed E-state index contributed by atoms with van der Waals surface area (Å²) in [6.45, 7) is 11.7. The van der Waals surface area contributed by atoms with Crippen LogP contribution in [-0.4, -0.2) is 96.7 Å². The lowest BCUT2D eigenvalue weighted by molar-refractivity contribution is -0.161. The second kappa shape index (κ2) is 57.2. The monoisotopic (exact) mass is 1250 g/mol. The van der Waals surface area contributed by atoms with Crippen LogP contribution in [0.1, 0.15) is 325 Å². The number of carbonyl (C=O) groups excluding carboxylic acids is 4. The van der Waals surface area contributed by atoms with Gasteiger partial charge in [-0.05, 0) is 43.4 Å². The third-order valence-corrected chi connectivity index (χ3v) is 17.0. The maximum atomic E-state index is 13.0. The third kappa shape index (κ3) is 60.7. The van der Waals surface area contributed by atoms with Crippen LogP contribution in [-0.2, 0) is 65.4 Å². The van der Waals surface area contributed by atoms with Crippen LogP contribution in [0.25, 0.3) is 0 Å². The summed E-state index contributed by atoms with van der Waals surface area (Å²) in [4.78, 5) is 72.2. The van der Waals surface area contributed by atoms with Crippen LogP contribution in [0.2, 0.25) is 0 Å². The molecule has 0 aromatic heterocycles. The van der Waals surface area contributed by atoms with E-state index >= 15 is 0 Å². The molecule has 0 saturated carbocycles. The van der Waals surface area contributed by atoms with E-state index in [0.29, 0.717) is 31.6 Å². The topological polar surface area (TPSA) is 237 Å². The van der Waals surface area contributed by atoms with Crippen molar-refractivity contribution in [1.82, 2.24) is 0 Å². The van der Waals surface area contributed by atoms with Crippen LogP contribution in [0.5, 0.6) is 0 Å². The summed E-state index contributed by atoms with van der Waals surface area (Å²) < 4.78 is 68.0. The van der Waals surface area contributed by atoms with E-state index in [1.165, 1.54) is 128 Å². The molecule has 0 fully saturated rings. The summed E-state index contributed by atoms with van der Waals surface area (Å²) in [7, 11) is -9.89. The van der Waals surface area contributed by atoms with Crippen molar-refractivity contribution in [2.75, 3.05) is 39.6 Å². The van der Waals surface area contributed by atoms with Gasteiger partial charge in [-0.1, -0.05) is 273 Å². The number of carbonyl (C=O) groups is 4. The van der Waals surface area contributed by atoms with Gasteiger partial charge in [0, 0.05) is 25.7 Å². The van der Waals surface area contributed by atoms with E-state index in [1.807, 2.05) is 0 Å². The zero-order chi connectivity index (χ0) is 63.1. The molecule has 2 unspecified atom stereocenters. The molecule has 0 heterocycles. The number of esters is 4. The average Bonchev–Trinajstić information content (AvgIpc) is 3.45. The molecule has 0 aliphatic rings. The Kier molecular flexibility index (Phi) is 55.9. The van der Waals surface area contributed by atoms with Crippen LogP contribution in [0.3, 0.4) is 0 Å². The lowest BCUT2D eigenvalue weighted by Crippen LogP contribution is -2.30. The van der Waals surface area contributed by atoms with E-state index in [1.54, 1.807) is 0 Å². The van der Waals surface area contributed by atoms with Gasteiger partial charge in [0.05, 0.1) is 26.4 Å². The highest BCUT2D eigenvalue weighted by atomic mass is 31.2. The fraction of sp³-hybridized carbons (Fsp3) is 0.939. The highest BCUT2D eigenvalue weighted by Gasteiger charge is 2.30. The quantitative estimate of drug-likeness (QED) is 0.0222. The lowest BCUT2D eigenvalue weighted by atomic mass is 10.0. The predicted molar refractivity (Wildman–Crippen MR) is 340 cm³/mol. The zero-order valence-corrected chi connectivity index (χ0v) is 56.9. The number of rotatable bonds is 64. The summed E-state index contributed by atoms with van der Waals surface area (Å²) in [5, 5.41) is 10.5. The van der Waals surface area contributed by atoms with E-state index in [-0.39, 0.29) is 25.7 Å². The molecule has 0 saturated heterocycles. The molecule has 0 amide bonds. The van der Waals surface area contributed by atoms with Gasteiger partial charge >= 0.3 is 39.5 Å². The summed E-state index contributed by atoms with van der Waals surface area (Å²) >= 11 is 0. The number of hydrogen-bond acceptors (Lipinski definition) is 15. The van der Waals surface area contributed by atoms with Gasteiger partial charge in [-0.15, -0.1) is 0 Å². The fourth-order valence-corrected chi connectivity index (χ4v) is 11.4. The minimum atomic E-state index is -4.95. The molecule has 3 N–H and O–H groups in total. The maximum Gasteiger partial charge on any atom is 0.472 e. The van der Waals surface area contributed by atoms with E-state index < -0.39 is 97.5 Å². The maximum absolute atomic E-state index is 13.0. The highest BCUT2D eigenvalue weighted by Crippen LogP contribution is 2.45. The summed E-state index contributed by atoms with van der Waals surface area (Å²) in [5.41, 5.74) is 0. The van der Waals surface area contributed by atoms with Crippen LogP contribution >= 0.6 is 15.6 Å².